The number of hydrogen-bond acceptors (Lipinski definition) is 5. The second kappa shape index (κ2) is 10.1. The fourth-order valence-electron chi connectivity index (χ4n) is 2.79. The summed E-state index contributed by atoms with van der Waals surface area (Å²) in [6, 6.07) is 13.0. The number of nitrogens with one attached hydrogen (secondary N) is 1. The molecular formula is C22H19BrClNO4S. The number of halogens is 2. The Labute approximate surface area is 192 Å². The SMILES string of the molecule is CCc1ccc(-c2csc(NC(=O)COc3ccc(Cl)cc3Br)c2C(=O)OC)cc1. The molecule has 0 spiro atoms. The molecule has 8 heteroatoms. The second-order valence-electron chi connectivity index (χ2n) is 6.31. The molecule has 0 radical (unpaired) electrons. The van der Waals surface area contributed by atoms with Crippen molar-refractivity contribution >= 4 is 55.7 Å². The van der Waals surface area contributed by atoms with Gasteiger partial charge in [0.15, 0.2) is 6.61 Å². The highest BCUT2D eigenvalue weighted by molar-refractivity contribution is 9.10. The molecule has 30 heavy (non-hydrogen) atoms. The van der Waals surface area contributed by atoms with Crippen molar-refractivity contribution in [2.45, 2.75) is 13.3 Å². The van der Waals surface area contributed by atoms with Crippen LogP contribution in [-0.4, -0.2) is 25.6 Å². The highest BCUT2D eigenvalue weighted by atomic mass is 79.9. The summed E-state index contributed by atoms with van der Waals surface area (Å²) in [6.07, 6.45) is 0.929. The molecule has 0 saturated heterocycles. The minimum atomic E-state index is -0.512. The van der Waals surface area contributed by atoms with E-state index in [-0.39, 0.29) is 6.61 Å². The Morgan fingerprint density at radius 2 is 1.90 bits per heavy atom. The van der Waals surface area contributed by atoms with Crippen LogP contribution in [0.4, 0.5) is 5.00 Å². The molecule has 0 saturated carbocycles. The van der Waals surface area contributed by atoms with Crippen LogP contribution in [0.2, 0.25) is 5.02 Å². The van der Waals surface area contributed by atoms with E-state index in [2.05, 4.69) is 28.2 Å². The number of rotatable bonds is 7. The maximum atomic E-state index is 12.4. The predicted molar refractivity (Wildman–Crippen MR) is 124 cm³/mol. The molecule has 0 aliphatic rings. The zero-order valence-corrected chi connectivity index (χ0v) is 19.5. The highest BCUT2D eigenvalue weighted by Crippen LogP contribution is 2.36. The van der Waals surface area contributed by atoms with E-state index in [0.29, 0.717) is 31.4 Å². The van der Waals surface area contributed by atoms with Gasteiger partial charge in [-0.1, -0.05) is 42.8 Å². The highest BCUT2D eigenvalue weighted by Gasteiger charge is 2.22. The minimum absolute atomic E-state index is 0.223. The Balaban J connectivity index is 1.78. The van der Waals surface area contributed by atoms with Gasteiger partial charge in [0, 0.05) is 16.0 Å². The van der Waals surface area contributed by atoms with E-state index in [9.17, 15) is 9.59 Å². The second-order valence-corrected chi connectivity index (χ2v) is 8.48. The van der Waals surface area contributed by atoms with E-state index >= 15 is 0 Å². The lowest BCUT2D eigenvalue weighted by Crippen LogP contribution is -2.21. The average molecular weight is 509 g/mol. The Hall–Kier alpha value is -2.35. The van der Waals surface area contributed by atoms with E-state index in [1.54, 1.807) is 18.2 Å². The van der Waals surface area contributed by atoms with Crippen molar-refractivity contribution in [3.05, 3.63) is 68.5 Å². The maximum Gasteiger partial charge on any atom is 0.341 e. The molecule has 0 unspecified atom stereocenters. The number of esters is 1. The molecule has 1 N–H and O–H groups in total. The smallest absolute Gasteiger partial charge is 0.341 e. The van der Waals surface area contributed by atoms with Crippen LogP contribution in [0.5, 0.6) is 5.75 Å². The fraction of sp³-hybridized carbons (Fsp3) is 0.182. The zero-order chi connectivity index (χ0) is 21.7. The van der Waals surface area contributed by atoms with Crippen molar-refractivity contribution < 1.29 is 19.1 Å². The summed E-state index contributed by atoms with van der Waals surface area (Å²) in [4.78, 5) is 24.9. The molecular weight excluding hydrogens is 490 g/mol. The van der Waals surface area contributed by atoms with Gasteiger partial charge in [-0.05, 0) is 51.7 Å². The van der Waals surface area contributed by atoms with E-state index in [1.165, 1.54) is 24.0 Å². The van der Waals surface area contributed by atoms with Gasteiger partial charge in [0.05, 0.1) is 11.6 Å². The summed E-state index contributed by atoms with van der Waals surface area (Å²) in [5, 5.41) is 5.56. The molecule has 0 bridgehead atoms. The van der Waals surface area contributed by atoms with Gasteiger partial charge < -0.3 is 14.8 Å². The van der Waals surface area contributed by atoms with Gasteiger partial charge in [-0.2, -0.15) is 0 Å². The van der Waals surface area contributed by atoms with E-state index in [0.717, 1.165) is 12.0 Å². The van der Waals surface area contributed by atoms with Gasteiger partial charge in [-0.25, -0.2) is 4.79 Å². The molecule has 5 nitrogen and oxygen atoms in total. The molecule has 1 aromatic heterocycles. The Bertz CT molecular complexity index is 1070. The molecule has 1 amide bonds. The largest absolute Gasteiger partial charge is 0.483 e. The summed E-state index contributed by atoms with van der Waals surface area (Å²) in [6.45, 7) is 1.86. The third-order valence-corrected chi connectivity index (χ3v) is 6.11. The van der Waals surface area contributed by atoms with Crippen LogP contribution in [0.3, 0.4) is 0 Å². The van der Waals surface area contributed by atoms with Crippen LogP contribution >= 0.6 is 38.9 Å². The first-order valence-electron chi connectivity index (χ1n) is 9.09. The molecule has 156 valence electrons. The number of thiophene rings is 1. The lowest BCUT2D eigenvalue weighted by molar-refractivity contribution is -0.118. The number of ether oxygens (including phenoxy) is 2. The van der Waals surface area contributed by atoms with Crippen molar-refractivity contribution in [3.63, 3.8) is 0 Å². The van der Waals surface area contributed by atoms with Gasteiger partial charge in [-0.3, -0.25) is 4.79 Å². The van der Waals surface area contributed by atoms with E-state index < -0.39 is 11.9 Å². The first kappa shape index (κ1) is 22.3. The van der Waals surface area contributed by atoms with Crippen molar-refractivity contribution in [2.24, 2.45) is 0 Å². The summed E-state index contributed by atoms with van der Waals surface area (Å²) >= 11 is 10.5. The minimum Gasteiger partial charge on any atom is -0.483 e. The van der Waals surface area contributed by atoms with E-state index in [4.69, 9.17) is 21.1 Å². The number of methoxy groups -OCH3 is 1. The topological polar surface area (TPSA) is 64.6 Å². The predicted octanol–water partition coefficient (Wildman–Crippen LogP) is 6.20. The number of carbonyl (C=O) groups excluding carboxylic acids is 2. The normalized spacial score (nSPS) is 10.5. The third-order valence-electron chi connectivity index (χ3n) is 4.36. The molecule has 3 rings (SSSR count). The van der Waals surface area contributed by atoms with Gasteiger partial charge in [0.2, 0.25) is 0 Å². The Morgan fingerprint density at radius 3 is 2.53 bits per heavy atom. The molecule has 1 heterocycles. The molecule has 0 fully saturated rings. The number of benzene rings is 2. The first-order valence-corrected chi connectivity index (χ1v) is 11.1. The fourth-order valence-corrected chi connectivity index (χ4v) is 4.56. The third kappa shape index (κ3) is 5.22. The van der Waals surface area contributed by atoms with Crippen LogP contribution < -0.4 is 10.1 Å². The average Bonchev–Trinajstić information content (AvgIpc) is 3.16. The molecule has 3 aromatic rings. The summed E-state index contributed by atoms with van der Waals surface area (Å²) in [7, 11) is 1.32. The number of anilines is 1. The number of aryl methyl sites for hydroxylation is 1. The van der Waals surface area contributed by atoms with Crippen LogP contribution in [0.1, 0.15) is 22.8 Å². The van der Waals surface area contributed by atoms with Crippen LogP contribution in [-0.2, 0) is 16.0 Å². The van der Waals surface area contributed by atoms with Crippen molar-refractivity contribution in [1.82, 2.24) is 0 Å². The molecule has 0 atom stereocenters. The molecule has 2 aromatic carbocycles. The summed E-state index contributed by atoms with van der Waals surface area (Å²) in [5.41, 5.74) is 3.12. The van der Waals surface area contributed by atoms with Crippen LogP contribution in [0, 0.1) is 0 Å². The van der Waals surface area contributed by atoms with Crippen molar-refractivity contribution in [2.75, 3.05) is 19.0 Å². The van der Waals surface area contributed by atoms with Crippen LogP contribution in [0.15, 0.2) is 52.3 Å². The summed E-state index contributed by atoms with van der Waals surface area (Å²) in [5.74, 6) is -0.412. The maximum absolute atomic E-state index is 12.4. The standard InChI is InChI=1S/C22H19BrClNO4S/c1-3-13-4-6-14(7-5-13)16-12-30-21(20(16)22(27)28-2)25-19(26)11-29-18-9-8-15(24)10-17(18)23/h4-10,12H,3,11H2,1-2H3,(H,25,26). The quantitative estimate of drug-likeness (QED) is 0.386. The lowest BCUT2D eigenvalue weighted by atomic mass is 10.0. The lowest BCUT2D eigenvalue weighted by Gasteiger charge is -2.10. The monoisotopic (exact) mass is 507 g/mol. The van der Waals surface area contributed by atoms with E-state index in [1.807, 2.05) is 29.6 Å². The molecule has 0 aliphatic carbocycles. The van der Waals surface area contributed by atoms with Gasteiger partial charge >= 0.3 is 5.97 Å². The number of amides is 1. The van der Waals surface area contributed by atoms with Crippen LogP contribution in [0.25, 0.3) is 11.1 Å². The van der Waals surface area contributed by atoms with Gasteiger partial charge in [0.25, 0.3) is 5.91 Å². The van der Waals surface area contributed by atoms with Crippen molar-refractivity contribution in [3.8, 4) is 16.9 Å². The Kier molecular flexibility index (Phi) is 7.53. The van der Waals surface area contributed by atoms with Gasteiger partial charge in [0.1, 0.15) is 16.3 Å². The number of hydrogen-bond donors (Lipinski definition) is 1. The zero-order valence-electron chi connectivity index (χ0n) is 16.3. The summed E-state index contributed by atoms with van der Waals surface area (Å²) < 4.78 is 11.1. The van der Waals surface area contributed by atoms with Gasteiger partial charge in [-0.15, -0.1) is 11.3 Å². The number of carbonyl (C=O) groups is 2. The molecule has 0 aliphatic heterocycles. The van der Waals surface area contributed by atoms with Crippen molar-refractivity contribution in [1.29, 1.82) is 0 Å². The Morgan fingerprint density at radius 1 is 1.17 bits per heavy atom. The first-order chi connectivity index (χ1) is 14.4.